The fraction of sp³-hybridized carbons (Fsp3) is 0.250. The Labute approximate surface area is 188 Å². The number of halogens is 1. The number of hydrogen-bond donors (Lipinski definition) is 0. The van der Waals surface area contributed by atoms with Gasteiger partial charge in [-0.15, -0.1) is 11.3 Å². The van der Waals surface area contributed by atoms with Gasteiger partial charge in [0.15, 0.2) is 0 Å². The predicted molar refractivity (Wildman–Crippen MR) is 125 cm³/mol. The van der Waals surface area contributed by atoms with E-state index in [0.717, 1.165) is 35.2 Å². The maximum Gasteiger partial charge on any atom is 0.337 e. The number of thiophene rings is 1. The molecular formula is C24H21ClN2O3S. The van der Waals surface area contributed by atoms with Crippen LogP contribution in [0.5, 0.6) is 5.75 Å². The van der Waals surface area contributed by atoms with Crippen molar-refractivity contribution in [2.75, 3.05) is 6.61 Å². The first kappa shape index (κ1) is 20.1. The van der Waals surface area contributed by atoms with Crippen molar-refractivity contribution >= 4 is 33.2 Å². The molecule has 0 N–H and O–H groups in total. The molecule has 0 saturated carbocycles. The predicted octanol–water partition coefficient (Wildman–Crippen LogP) is 4.80. The lowest BCUT2D eigenvalue weighted by Crippen LogP contribution is -2.39. The Kier molecular flexibility index (Phi) is 5.20. The lowest BCUT2D eigenvalue weighted by molar-refractivity contribution is 0.340. The van der Waals surface area contributed by atoms with Crippen LogP contribution in [0.3, 0.4) is 0 Å². The number of aryl methyl sites for hydroxylation is 2. The summed E-state index contributed by atoms with van der Waals surface area (Å²) in [6.45, 7) is 2.78. The molecule has 2 aromatic carbocycles. The zero-order valence-electron chi connectivity index (χ0n) is 17.1. The maximum absolute atomic E-state index is 13.6. The number of nitrogens with zero attached hydrogens (tertiary/aromatic N) is 2. The van der Waals surface area contributed by atoms with Crippen molar-refractivity contribution in [1.82, 2.24) is 9.13 Å². The minimum Gasteiger partial charge on any atom is -0.494 e. The molecule has 2 aromatic heterocycles. The summed E-state index contributed by atoms with van der Waals surface area (Å²) in [5.41, 5.74) is 1.86. The summed E-state index contributed by atoms with van der Waals surface area (Å²) in [4.78, 5) is 29.1. The highest BCUT2D eigenvalue weighted by atomic mass is 35.5. The van der Waals surface area contributed by atoms with Gasteiger partial charge in [0.05, 0.1) is 24.2 Å². The van der Waals surface area contributed by atoms with Gasteiger partial charge in [-0.05, 0) is 67.6 Å². The second-order valence-corrected chi connectivity index (χ2v) is 9.06. The lowest BCUT2D eigenvalue weighted by atomic mass is 10.2. The quantitative estimate of drug-likeness (QED) is 0.437. The monoisotopic (exact) mass is 452 g/mol. The van der Waals surface area contributed by atoms with E-state index in [1.54, 1.807) is 40.2 Å². The first-order valence-corrected chi connectivity index (χ1v) is 11.5. The van der Waals surface area contributed by atoms with E-state index in [9.17, 15) is 9.59 Å². The van der Waals surface area contributed by atoms with E-state index in [2.05, 4.69) is 0 Å². The summed E-state index contributed by atoms with van der Waals surface area (Å²) in [7, 11) is 0. The molecule has 1 aliphatic carbocycles. The number of ether oxygens (including phenoxy) is 1. The number of aromatic nitrogens is 2. The second-order valence-electron chi connectivity index (χ2n) is 7.57. The molecule has 31 heavy (non-hydrogen) atoms. The van der Waals surface area contributed by atoms with Gasteiger partial charge in [0.2, 0.25) is 0 Å². The van der Waals surface area contributed by atoms with Crippen molar-refractivity contribution in [2.24, 2.45) is 0 Å². The smallest absolute Gasteiger partial charge is 0.337 e. The van der Waals surface area contributed by atoms with Crippen LogP contribution in [0.1, 0.15) is 29.3 Å². The molecule has 0 fully saturated rings. The highest BCUT2D eigenvalue weighted by Crippen LogP contribution is 2.35. The van der Waals surface area contributed by atoms with Crippen LogP contribution < -0.4 is 16.0 Å². The summed E-state index contributed by atoms with van der Waals surface area (Å²) < 4.78 is 8.48. The Hall–Kier alpha value is -2.83. The maximum atomic E-state index is 13.6. The van der Waals surface area contributed by atoms with Crippen LogP contribution in [0.25, 0.3) is 15.9 Å². The summed E-state index contributed by atoms with van der Waals surface area (Å²) >= 11 is 7.96. The Morgan fingerprint density at radius 1 is 1.06 bits per heavy atom. The number of fused-ring (bicyclic) bond motifs is 3. The fourth-order valence-electron chi connectivity index (χ4n) is 4.23. The van der Waals surface area contributed by atoms with Crippen LogP contribution in [0, 0.1) is 0 Å². The molecule has 5 nitrogen and oxygen atoms in total. The van der Waals surface area contributed by atoms with Gasteiger partial charge in [0.25, 0.3) is 5.56 Å². The van der Waals surface area contributed by atoms with Crippen LogP contribution in [0.15, 0.2) is 58.1 Å². The molecule has 1 aliphatic rings. The molecule has 4 aromatic rings. The third-order valence-corrected chi connectivity index (χ3v) is 7.36. The summed E-state index contributed by atoms with van der Waals surface area (Å²) in [6.07, 6.45) is 2.87. The Morgan fingerprint density at radius 3 is 2.58 bits per heavy atom. The largest absolute Gasteiger partial charge is 0.494 e. The van der Waals surface area contributed by atoms with Gasteiger partial charge in [0.1, 0.15) is 10.6 Å². The van der Waals surface area contributed by atoms with Crippen LogP contribution in [-0.2, 0) is 19.4 Å². The zero-order chi connectivity index (χ0) is 21.5. The molecule has 0 atom stereocenters. The van der Waals surface area contributed by atoms with E-state index in [1.807, 2.05) is 31.2 Å². The van der Waals surface area contributed by atoms with Gasteiger partial charge in [0, 0.05) is 9.90 Å². The van der Waals surface area contributed by atoms with Gasteiger partial charge in [-0.3, -0.25) is 9.36 Å². The Bertz CT molecular complexity index is 1400. The van der Waals surface area contributed by atoms with Gasteiger partial charge < -0.3 is 4.74 Å². The highest BCUT2D eigenvalue weighted by molar-refractivity contribution is 7.18. The van der Waals surface area contributed by atoms with Crippen molar-refractivity contribution in [3.05, 3.63) is 90.4 Å². The van der Waals surface area contributed by atoms with Gasteiger partial charge in [-0.2, -0.15) is 0 Å². The topological polar surface area (TPSA) is 53.2 Å². The molecule has 5 rings (SSSR count). The molecular weight excluding hydrogens is 432 g/mol. The first-order valence-electron chi connectivity index (χ1n) is 10.3. The average molecular weight is 453 g/mol. The van der Waals surface area contributed by atoms with E-state index in [1.165, 1.54) is 9.44 Å². The van der Waals surface area contributed by atoms with E-state index in [0.29, 0.717) is 35.0 Å². The van der Waals surface area contributed by atoms with Gasteiger partial charge in [-0.25, -0.2) is 9.36 Å². The van der Waals surface area contributed by atoms with Crippen LogP contribution in [0.2, 0.25) is 5.02 Å². The fourth-order valence-corrected chi connectivity index (χ4v) is 5.80. The Morgan fingerprint density at radius 2 is 1.84 bits per heavy atom. The molecule has 0 saturated heterocycles. The highest BCUT2D eigenvalue weighted by Gasteiger charge is 2.25. The van der Waals surface area contributed by atoms with E-state index in [-0.39, 0.29) is 11.2 Å². The number of rotatable bonds is 5. The summed E-state index contributed by atoms with van der Waals surface area (Å²) in [6, 6.07) is 14.6. The molecule has 158 valence electrons. The van der Waals surface area contributed by atoms with E-state index >= 15 is 0 Å². The summed E-state index contributed by atoms with van der Waals surface area (Å²) in [5, 5.41) is 1.27. The third kappa shape index (κ3) is 3.40. The van der Waals surface area contributed by atoms with Crippen LogP contribution in [-0.4, -0.2) is 15.7 Å². The average Bonchev–Trinajstić information content (AvgIpc) is 3.35. The molecule has 0 aliphatic heterocycles. The van der Waals surface area contributed by atoms with Gasteiger partial charge in [-0.1, -0.05) is 29.8 Å². The second kappa shape index (κ2) is 8.02. The Balaban J connectivity index is 1.77. The van der Waals surface area contributed by atoms with Crippen molar-refractivity contribution in [2.45, 2.75) is 32.7 Å². The molecule has 7 heteroatoms. The molecule has 0 spiro atoms. The molecule has 0 bridgehead atoms. The zero-order valence-corrected chi connectivity index (χ0v) is 18.6. The van der Waals surface area contributed by atoms with Crippen LogP contribution >= 0.6 is 22.9 Å². The van der Waals surface area contributed by atoms with E-state index < -0.39 is 0 Å². The SMILES string of the molecule is CCOc1ccc(-n2c(=O)c3c4c(sc3n(Cc3ccccc3Cl)c2=O)CCC4)cc1. The van der Waals surface area contributed by atoms with Crippen molar-refractivity contribution in [3.8, 4) is 11.4 Å². The third-order valence-electron chi connectivity index (χ3n) is 5.68. The number of benzene rings is 2. The lowest BCUT2D eigenvalue weighted by Gasteiger charge is -2.14. The van der Waals surface area contributed by atoms with Crippen molar-refractivity contribution in [1.29, 1.82) is 0 Å². The molecule has 0 unspecified atom stereocenters. The van der Waals surface area contributed by atoms with Crippen LogP contribution in [0.4, 0.5) is 0 Å². The minimum absolute atomic E-state index is 0.251. The van der Waals surface area contributed by atoms with E-state index in [4.69, 9.17) is 16.3 Å². The summed E-state index contributed by atoms with van der Waals surface area (Å²) in [5.74, 6) is 0.702. The van der Waals surface area contributed by atoms with Gasteiger partial charge >= 0.3 is 5.69 Å². The number of hydrogen-bond acceptors (Lipinski definition) is 4. The molecule has 2 heterocycles. The standard InChI is InChI=1S/C24H21ClN2O3S/c1-2-30-17-12-10-16(11-13-17)27-22(28)21-18-7-5-9-20(18)31-23(21)26(24(27)29)14-15-6-3-4-8-19(15)25/h3-4,6,8,10-13H,2,5,7,9,14H2,1H3. The minimum atomic E-state index is -0.360. The van der Waals surface area contributed by atoms with Crippen molar-refractivity contribution < 1.29 is 4.74 Å². The van der Waals surface area contributed by atoms with Crippen molar-refractivity contribution in [3.63, 3.8) is 0 Å². The molecule has 0 radical (unpaired) electrons. The normalized spacial score (nSPS) is 13.0. The molecule has 0 amide bonds. The first-order chi connectivity index (χ1) is 15.1.